The number of urea groups is 2. The van der Waals surface area contributed by atoms with Gasteiger partial charge in [-0.25, -0.2) is 33.2 Å². The number of fused-ring (bicyclic) bond motifs is 1. The second-order valence-corrected chi connectivity index (χ2v) is 11.3. The molecule has 0 bridgehead atoms. The number of hydrogen-bond acceptors (Lipinski definition) is 10. The Morgan fingerprint density at radius 1 is 0.936 bits per heavy atom. The van der Waals surface area contributed by atoms with E-state index in [9.17, 15) is 28.0 Å². The molecule has 14 nitrogen and oxygen atoms in total. The second-order valence-electron chi connectivity index (χ2n) is 10.3. The number of amides is 4. The predicted octanol–water partition coefficient (Wildman–Crippen LogP) is 3.46. The van der Waals surface area contributed by atoms with Gasteiger partial charge in [-0.15, -0.1) is 21.5 Å². The van der Waals surface area contributed by atoms with Crippen molar-refractivity contribution in [3.63, 3.8) is 0 Å². The van der Waals surface area contributed by atoms with Crippen molar-refractivity contribution in [1.29, 1.82) is 0 Å². The van der Waals surface area contributed by atoms with Gasteiger partial charge in [-0.2, -0.15) is 0 Å². The van der Waals surface area contributed by atoms with Crippen LogP contribution in [0.2, 0.25) is 0 Å². The van der Waals surface area contributed by atoms with Crippen molar-refractivity contribution in [3.05, 3.63) is 98.2 Å². The van der Waals surface area contributed by atoms with Crippen molar-refractivity contribution in [1.82, 2.24) is 35.0 Å². The van der Waals surface area contributed by atoms with Gasteiger partial charge in [-0.05, 0) is 55.6 Å². The Kier molecular flexibility index (Phi) is 9.69. The first-order chi connectivity index (χ1) is 22.5. The fourth-order valence-electron chi connectivity index (χ4n) is 4.78. The molecule has 2 aromatic carbocycles. The van der Waals surface area contributed by atoms with Crippen LogP contribution in [-0.4, -0.2) is 64.6 Å². The molecule has 244 valence electrons. The van der Waals surface area contributed by atoms with Gasteiger partial charge < -0.3 is 15.0 Å². The third-order valence-electron chi connectivity index (χ3n) is 6.82. The first kappa shape index (κ1) is 32.9. The molecule has 0 atom stereocenters. The number of carbonyl (C=O) groups excluding carboxylic acids is 2. The number of nitrogens with one attached hydrogen (secondary N) is 3. The molecular weight excluding hydrogens is 638 g/mol. The van der Waals surface area contributed by atoms with Crippen molar-refractivity contribution in [3.8, 4) is 22.1 Å². The van der Waals surface area contributed by atoms with E-state index in [1.54, 1.807) is 38.4 Å². The number of methoxy groups -OCH3 is 1. The van der Waals surface area contributed by atoms with Gasteiger partial charge in [0, 0.05) is 28.7 Å². The molecule has 47 heavy (non-hydrogen) atoms. The largest absolute Gasteiger partial charge is 0.480 e. The molecule has 0 unspecified atom stereocenters. The third kappa shape index (κ3) is 6.86. The summed E-state index contributed by atoms with van der Waals surface area (Å²) in [7, 11) is 6.21. The monoisotopic (exact) mass is 666 g/mol. The number of hydrogen-bond donors (Lipinski definition) is 3. The SMILES string of the molecule is CONC(=O)NC(=O)Nc1ccc(-c2sc3c(c2CN(C)C)c(=O)n(-c2ccc(OC)nn2)c(=O)n3Cc2c(F)cccc2F)cc1. The van der Waals surface area contributed by atoms with Crippen LogP contribution in [0.3, 0.4) is 0 Å². The Labute approximate surface area is 269 Å². The van der Waals surface area contributed by atoms with Crippen LogP contribution >= 0.6 is 11.3 Å². The van der Waals surface area contributed by atoms with E-state index >= 15 is 0 Å². The molecule has 3 aromatic heterocycles. The topological polar surface area (TPSA) is 162 Å². The number of thiophene rings is 1. The van der Waals surface area contributed by atoms with Crippen LogP contribution in [0.1, 0.15) is 11.1 Å². The highest BCUT2D eigenvalue weighted by atomic mass is 32.1. The number of nitrogens with zero attached hydrogens (tertiary/aromatic N) is 5. The maximum Gasteiger partial charge on any atom is 0.346 e. The summed E-state index contributed by atoms with van der Waals surface area (Å²) in [5.74, 6) is -1.67. The van der Waals surface area contributed by atoms with E-state index < -0.39 is 41.5 Å². The molecule has 5 aromatic rings. The number of ether oxygens (including phenoxy) is 1. The summed E-state index contributed by atoms with van der Waals surface area (Å²) in [4.78, 5) is 59.0. The quantitative estimate of drug-likeness (QED) is 0.200. The first-order valence-electron chi connectivity index (χ1n) is 13.8. The van der Waals surface area contributed by atoms with Crippen LogP contribution in [0.15, 0.2) is 64.2 Å². The average Bonchev–Trinajstić information content (AvgIpc) is 3.39. The van der Waals surface area contributed by atoms with Crippen molar-refractivity contribution in [2.75, 3.05) is 33.6 Å². The Hall–Kier alpha value is -5.52. The smallest absolute Gasteiger partial charge is 0.346 e. The summed E-state index contributed by atoms with van der Waals surface area (Å²) in [5, 5.41) is 12.6. The van der Waals surface area contributed by atoms with Crippen molar-refractivity contribution in [2.24, 2.45) is 0 Å². The molecule has 0 spiro atoms. The van der Waals surface area contributed by atoms with Gasteiger partial charge in [0.25, 0.3) is 5.56 Å². The predicted molar refractivity (Wildman–Crippen MR) is 170 cm³/mol. The van der Waals surface area contributed by atoms with Gasteiger partial charge in [-0.3, -0.25) is 19.5 Å². The van der Waals surface area contributed by atoms with E-state index in [1.807, 2.05) is 15.7 Å². The highest BCUT2D eigenvalue weighted by Gasteiger charge is 2.26. The highest BCUT2D eigenvalue weighted by molar-refractivity contribution is 7.22. The number of imide groups is 1. The normalized spacial score (nSPS) is 11.1. The van der Waals surface area contributed by atoms with Crippen LogP contribution in [-0.2, 0) is 17.9 Å². The summed E-state index contributed by atoms with van der Waals surface area (Å²) >= 11 is 1.10. The summed E-state index contributed by atoms with van der Waals surface area (Å²) < 4.78 is 36.8. The van der Waals surface area contributed by atoms with E-state index in [4.69, 9.17) is 4.74 Å². The molecule has 5 rings (SSSR count). The Morgan fingerprint density at radius 3 is 2.23 bits per heavy atom. The number of carbonyl (C=O) groups is 2. The lowest BCUT2D eigenvalue weighted by Crippen LogP contribution is -2.41. The fraction of sp³-hybridized carbons (Fsp3) is 0.200. The van der Waals surface area contributed by atoms with Crippen molar-refractivity contribution in [2.45, 2.75) is 13.1 Å². The van der Waals surface area contributed by atoms with Crippen molar-refractivity contribution >= 4 is 39.3 Å². The van der Waals surface area contributed by atoms with Gasteiger partial charge in [0.1, 0.15) is 16.5 Å². The minimum absolute atomic E-state index is 0.109. The van der Waals surface area contributed by atoms with Crippen LogP contribution < -0.4 is 32.1 Å². The van der Waals surface area contributed by atoms with Crippen LogP contribution in [0.4, 0.5) is 24.1 Å². The number of aromatic nitrogens is 4. The van der Waals surface area contributed by atoms with Gasteiger partial charge >= 0.3 is 17.8 Å². The van der Waals surface area contributed by atoms with Gasteiger partial charge in [0.15, 0.2) is 5.82 Å². The van der Waals surface area contributed by atoms with E-state index in [0.717, 1.165) is 32.6 Å². The van der Waals surface area contributed by atoms with Crippen molar-refractivity contribution < 1.29 is 27.9 Å². The first-order valence-corrected chi connectivity index (χ1v) is 14.6. The summed E-state index contributed by atoms with van der Waals surface area (Å²) in [6, 6.07) is 11.1. The lowest BCUT2D eigenvalue weighted by Gasteiger charge is -2.14. The summed E-state index contributed by atoms with van der Waals surface area (Å²) in [6.07, 6.45) is 0. The maximum atomic E-state index is 14.9. The Morgan fingerprint density at radius 2 is 1.64 bits per heavy atom. The van der Waals surface area contributed by atoms with Gasteiger partial charge in [0.05, 0.1) is 26.2 Å². The van der Waals surface area contributed by atoms with E-state index in [0.29, 0.717) is 21.7 Å². The maximum absolute atomic E-state index is 14.9. The zero-order valence-electron chi connectivity index (χ0n) is 25.5. The molecular formula is C30H28F2N8O6S. The fourth-order valence-corrected chi connectivity index (χ4v) is 6.08. The zero-order valence-corrected chi connectivity index (χ0v) is 26.3. The average molecular weight is 667 g/mol. The highest BCUT2D eigenvalue weighted by Crippen LogP contribution is 2.38. The molecule has 0 aliphatic heterocycles. The van der Waals surface area contributed by atoms with Crippen LogP contribution in [0.25, 0.3) is 26.5 Å². The Bertz CT molecular complexity index is 2060. The molecule has 0 fully saturated rings. The molecule has 0 aliphatic carbocycles. The molecule has 3 N–H and O–H groups in total. The minimum Gasteiger partial charge on any atom is -0.480 e. The van der Waals surface area contributed by atoms with Gasteiger partial charge in [-0.1, -0.05) is 18.2 Å². The molecule has 0 saturated heterocycles. The summed E-state index contributed by atoms with van der Waals surface area (Å²) in [6.45, 7) is -0.268. The molecule has 0 saturated carbocycles. The lowest BCUT2D eigenvalue weighted by molar-refractivity contribution is 0.109. The zero-order chi connectivity index (χ0) is 33.8. The number of hydroxylamine groups is 1. The van der Waals surface area contributed by atoms with Crippen LogP contribution in [0.5, 0.6) is 5.88 Å². The van der Waals surface area contributed by atoms with E-state index in [-0.39, 0.29) is 34.0 Å². The van der Waals surface area contributed by atoms with E-state index in [1.165, 1.54) is 32.4 Å². The van der Waals surface area contributed by atoms with Gasteiger partial charge in [0.2, 0.25) is 5.88 Å². The number of anilines is 1. The second kappa shape index (κ2) is 13.9. The molecule has 17 heteroatoms. The van der Waals surface area contributed by atoms with Crippen LogP contribution in [0, 0.1) is 11.6 Å². The Balaban J connectivity index is 1.70. The van der Waals surface area contributed by atoms with E-state index in [2.05, 4.69) is 20.4 Å². The molecule has 0 aliphatic rings. The number of benzene rings is 2. The third-order valence-corrected chi connectivity index (χ3v) is 8.12. The standard InChI is InChI=1S/C30H28F2N8O6S/c1-38(2)14-19-24-26(41)40(22-12-13-23(45-3)36-35-22)30(44)39(15-18-20(31)6-5-7-21(18)32)27(24)47-25(19)16-8-10-17(11-9-16)33-28(42)34-29(43)37-46-4/h5-13H,14-15H2,1-4H3,(H3,33,34,37,42,43). The number of rotatable bonds is 9. The molecule has 3 heterocycles. The minimum atomic E-state index is -0.878. The molecule has 4 amide bonds. The lowest BCUT2D eigenvalue weighted by atomic mass is 10.1. The summed E-state index contributed by atoms with van der Waals surface area (Å²) in [5.41, 5.74) is 1.54. The number of halogens is 2. The molecule has 0 radical (unpaired) electrons.